The first-order valence-electron chi connectivity index (χ1n) is 7.82. The summed E-state index contributed by atoms with van der Waals surface area (Å²) in [6.45, 7) is 4.64. The second kappa shape index (κ2) is 5.75. The van der Waals surface area contributed by atoms with Crippen molar-refractivity contribution < 1.29 is 8.42 Å². The molecule has 1 fully saturated rings. The largest absolute Gasteiger partial charge is 0.352 e. The van der Waals surface area contributed by atoms with Gasteiger partial charge in [-0.3, -0.25) is 4.68 Å². The second-order valence-electron chi connectivity index (χ2n) is 6.18. The Morgan fingerprint density at radius 3 is 2.72 bits per heavy atom. The number of aryl methyl sites for hydroxylation is 2. The minimum absolute atomic E-state index is 0.144. The summed E-state index contributed by atoms with van der Waals surface area (Å²) >= 11 is 1.59. The third-order valence-corrected chi connectivity index (χ3v) is 7.11. The van der Waals surface area contributed by atoms with Gasteiger partial charge in [-0.25, -0.2) is 23.1 Å². The quantitative estimate of drug-likeness (QED) is 0.733. The van der Waals surface area contributed by atoms with E-state index in [4.69, 9.17) is 0 Å². The van der Waals surface area contributed by atoms with Crippen LogP contribution in [0.5, 0.6) is 0 Å². The minimum atomic E-state index is -3.59. The molecule has 0 saturated carbocycles. The van der Waals surface area contributed by atoms with E-state index in [0.717, 1.165) is 16.0 Å². The lowest BCUT2D eigenvalue weighted by Gasteiger charge is -2.40. The highest BCUT2D eigenvalue weighted by Crippen LogP contribution is 2.31. The third-order valence-electron chi connectivity index (χ3n) is 4.44. The summed E-state index contributed by atoms with van der Waals surface area (Å²) in [7, 11) is -1.84. The van der Waals surface area contributed by atoms with Gasteiger partial charge in [0.15, 0.2) is 0 Å². The van der Waals surface area contributed by atoms with Crippen molar-refractivity contribution in [2.24, 2.45) is 7.05 Å². The van der Waals surface area contributed by atoms with Crippen LogP contribution in [-0.4, -0.2) is 47.3 Å². The Hall–Kier alpha value is -2.04. The number of nitrogens with zero attached hydrogens (tertiary/aromatic N) is 5. The number of anilines is 1. The Morgan fingerprint density at radius 2 is 2.04 bits per heavy atom. The number of fused-ring (bicyclic) bond motifs is 1. The van der Waals surface area contributed by atoms with Gasteiger partial charge in [0.1, 0.15) is 17.0 Å². The summed E-state index contributed by atoms with van der Waals surface area (Å²) in [5.74, 6) is 0.865. The molecule has 0 bridgehead atoms. The molecule has 25 heavy (non-hydrogen) atoms. The predicted molar refractivity (Wildman–Crippen MR) is 96.4 cm³/mol. The van der Waals surface area contributed by atoms with Gasteiger partial charge in [-0.2, -0.15) is 5.10 Å². The highest BCUT2D eigenvalue weighted by Gasteiger charge is 2.34. The van der Waals surface area contributed by atoms with Crippen molar-refractivity contribution in [2.45, 2.75) is 24.8 Å². The molecule has 1 aliphatic rings. The van der Waals surface area contributed by atoms with E-state index in [9.17, 15) is 8.42 Å². The van der Waals surface area contributed by atoms with E-state index >= 15 is 0 Å². The van der Waals surface area contributed by atoms with Gasteiger partial charge < -0.3 is 4.90 Å². The monoisotopic (exact) mass is 378 g/mol. The van der Waals surface area contributed by atoms with Crippen molar-refractivity contribution in [3.8, 4) is 0 Å². The summed E-state index contributed by atoms with van der Waals surface area (Å²) < 4.78 is 30.8. The van der Waals surface area contributed by atoms with E-state index in [1.54, 1.807) is 43.2 Å². The topological polar surface area (TPSA) is 93.0 Å². The standard InChI is InChI=1S/C15H18N6O2S2/c1-9-14(10(2)20(3)18-9)25(22,23)19-11-6-21(7-11)15-13-12(4-5-24-13)16-8-17-15/h4-5,8,11,19H,6-7H2,1-3H3. The SMILES string of the molecule is Cc1nn(C)c(C)c1S(=O)(=O)NC1CN(c2ncnc3ccsc23)C1. The first kappa shape index (κ1) is 16.4. The third kappa shape index (κ3) is 2.70. The molecular weight excluding hydrogens is 360 g/mol. The lowest BCUT2D eigenvalue weighted by Crippen LogP contribution is -2.59. The van der Waals surface area contributed by atoms with Crippen molar-refractivity contribution in [3.05, 3.63) is 29.2 Å². The molecule has 0 aromatic carbocycles. The second-order valence-corrected chi connectivity index (χ2v) is 8.75. The summed E-state index contributed by atoms with van der Waals surface area (Å²) in [5.41, 5.74) is 2.07. The van der Waals surface area contributed by atoms with Crippen LogP contribution in [0.1, 0.15) is 11.4 Å². The van der Waals surface area contributed by atoms with Gasteiger partial charge in [0.2, 0.25) is 10.0 Å². The zero-order valence-electron chi connectivity index (χ0n) is 14.1. The summed E-state index contributed by atoms with van der Waals surface area (Å²) in [6.07, 6.45) is 1.55. The fourth-order valence-corrected chi connectivity index (χ4v) is 5.67. The highest BCUT2D eigenvalue weighted by molar-refractivity contribution is 7.89. The van der Waals surface area contributed by atoms with E-state index in [2.05, 4.69) is 24.7 Å². The van der Waals surface area contributed by atoms with Crippen LogP contribution in [0.15, 0.2) is 22.7 Å². The molecule has 3 aromatic rings. The van der Waals surface area contributed by atoms with Crippen LogP contribution in [0.25, 0.3) is 10.2 Å². The molecule has 0 radical (unpaired) electrons. The van der Waals surface area contributed by atoms with Gasteiger partial charge in [0, 0.05) is 20.1 Å². The average molecular weight is 378 g/mol. The first-order chi connectivity index (χ1) is 11.9. The van der Waals surface area contributed by atoms with E-state index < -0.39 is 10.0 Å². The molecule has 1 aliphatic heterocycles. The number of aromatic nitrogens is 4. The van der Waals surface area contributed by atoms with Gasteiger partial charge in [-0.15, -0.1) is 11.3 Å². The lowest BCUT2D eigenvalue weighted by molar-refractivity contribution is 0.466. The van der Waals surface area contributed by atoms with Crippen LogP contribution in [0.4, 0.5) is 5.82 Å². The van der Waals surface area contributed by atoms with Crippen molar-refractivity contribution in [1.29, 1.82) is 0 Å². The molecule has 132 valence electrons. The first-order valence-corrected chi connectivity index (χ1v) is 10.2. The van der Waals surface area contributed by atoms with Crippen LogP contribution in [0.2, 0.25) is 0 Å². The van der Waals surface area contributed by atoms with Crippen LogP contribution in [0.3, 0.4) is 0 Å². The molecular formula is C15H18N6O2S2. The molecule has 0 aliphatic carbocycles. The van der Waals surface area contributed by atoms with Crippen LogP contribution < -0.4 is 9.62 Å². The number of rotatable bonds is 4. The molecule has 0 unspecified atom stereocenters. The molecule has 4 heterocycles. The fraction of sp³-hybridized carbons (Fsp3) is 0.400. The Labute approximate surface area is 149 Å². The Bertz CT molecular complexity index is 1050. The van der Waals surface area contributed by atoms with E-state index in [1.165, 1.54) is 0 Å². The van der Waals surface area contributed by atoms with Gasteiger partial charge in [0.05, 0.1) is 27.6 Å². The summed E-state index contributed by atoms with van der Waals surface area (Å²) in [6, 6.07) is 1.81. The van der Waals surface area contributed by atoms with E-state index in [-0.39, 0.29) is 10.9 Å². The van der Waals surface area contributed by atoms with Crippen molar-refractivity contribution >= 4 is 37.4 Å². The highest BCUT2D eigenvalue weighted by atomic mass is 32.2. The predicted octanol–water partition coefficient (Wildman–Crippen LogP) is 1.21. The van der Waals surface area contributed by atoms with Crippen LogP contribution in [0, 0.1) is 13.8 Å². The maximum Gasteiger partial charge on any atom is 0.244 e. The van der Waals surface area contributed by atoms with Crippen molar-refractivity contribution in [3.63, 3.8) is 0 Å². The Morgan fingerprint density at radius 1 is 1.28 bits per heavy atom. The van der Waals surface area contributed by atoms with Gasteiger partial charge in [-0.05, 0) is 25.3 Å². The maximum absolute atomic E-state index is 12.7. The Balaban J connectivity index is 1.50. The maximum atomic E-state index is 12.7. The summed E-state index contributed by atoms with van der Waals surface area (Å²) in [5, 5.41) is 6.17. The van der Waals surface area contributed by atoms with Gasteiger partial charge in [0.25, 0.3) is 0 Å². The van der Waals surface area contributed by atoms with Crippen molar-refractivity contribution in [2.75, 3.05) is 18.0 Å². The van der Waals surface area contributed by atoms with E-state index in [1.807, 2.05) is 11.4 Å². The van der Waals surface area contributed by atoms with Crippen molar-refractivity contribution in [1.82, 2.24) is 24.5 Å². The van der Waals surface area contributed by atoms with Gasteiger partial charge >= 0.3 is 0 Å². The molecule has 1 saturated heterocycles. The zero-order valence-corrected chi connectivity index (χ0v) is 15.7. The lowest BCUT2D eigenvalue weighted by atomic mass is 10.1. The molecule has 8 nitrogen and oxygen atoms in total. The van der Waals surface area contributed by atoms with Gasteiger partial charge in [-0.1, -0.05) is 0 Å². The molecule has 10 heteroatoms. The molecule has 4 rings (SSSR count). The van der Waals surface area contributed by atoms with E-state index in [0.29, 0.717) is 24.5 Å². The number of thiophene rings is 1. The summed E-state index contributed by atoms with van der Waals surface area (Å²) in [4.78, 5) is 10.9. The minimum Gasteiger partial charge on any atom is -0.352 e. The average Bonchev–Trinajstić information content (AvgIpc) is 3.07. The normalized spacial score (nSPS) is 15.7. The molecule has 0 amide bonds. The number of hydrogen-bond acceptors (Lipinski definition) is 7. The number of hydrogen-bond donors (Lipinski definition) is 1. The molecule has 3 aromatic heterocycles. The number of nitrogens with one attached hydrogen (secondary N) is 1. The fourth-order valence-electron chi connectivity index (χ4n) is 3.15. The number of sulfonamides is 1. The smallest absolute Gasteiger partial charge is 0.244 e. The molecule has 0 spiro atoms. The molecule has 1 N–H and O–H groups in total. The van der Waals surface area contributed by atoms with Crippen LogP contribution >= 0.6 is 11.3 Å². The Kier molecular flexibility index (Phi) is 3.78. The molecule has 0 atom stereocenters. The zero-order chi connectivity index (χ0) is 17.8. The van der Waals surface area contributed by atoms with Crippen LogP contribution in [-0.2, 0) is 17.1 Å².